The van der Waals surface area contributed by atoms with Gasteiger partial charge in [0.15, 0.2) is 11.5 Å². The molecule has 2 amide bonds. The van der Waals surface area contributed by atoms with Crippen LogP contribution in [0.3, 0.4) is 0 Å². The number of nitrogens with zero attached hydrogens (tertiary/aromatic N) is 3. The Morgan fingerprint density at radius 1 is 0.871 bits per heavy atom. The molecule has 0 aromatic heterocycles. The molecule has 0 radical (unpaired) electrons. The van der Waals surface area contributed by atoms with Gasteiger partial charge < -0.3 is 19.3 Å². The smallest absolute Gasteiger partial charge is 0.286 e. The maximum absolute atomic E-state index is 13.0. The molecule has 1 aliphatic rings. The minimum atomic E-state index is -0.641. The van der Waals surface area contributed by atoms with E-state index in [-0.39, 0.29) is 54.8 Å². The molecule has 31 heavy (non-hydrogen) atoms. The fourth-order valence-electron chi connectivity index (χ4n) is 3.33. The van der Waals surface area contributed by atoms with Crippen molar-refractivity contribution in [1.82, 2.24) is 9.80 Å². The lowest BCUT2D eigenvalue weighted by Gasteiger charge is -2.34. The van der Waals surface area contributed by atoms with E-state index in [1.807, 2.05) is 0 Å². The first-order chi connectivity index (χ1) is 14.7. The summed E-state index contributed by atoms with van der Waals surface area (Å²) in [5.41, 5.74) is -0.133. The van der Waals surface area contributed by atoms with E-state index in [9.17, 15) is 19.7 Å². The number of benzene rings is 2. The average molecular weight is 468 g/mol. The molecule has 1 fully saturated rings. The van der Waals surface area contributed by atoms with Crippen LogP contribution in [0.25, 0.3) is 0 Å². The molecule has 0 unspecified atom stereocenters. The van der Waals surface area contributed by atoms with Crippen LogP contribution in [0.1, 0.15) is 20.7 Å². The molecule has 3 rings (SSSR count). The summed E-state index contributed by atoms with van der Waals surface area (Å²) >= 11 is 11.9. The fraction of sp³-hybridized carbons (Fsp3) is 0.300. The molecule has 2 aromatic carbocycles. The zero-order valence-electron chi connectivity index (χ0n) is 16.8. The first kappa shape index (κ1) is 22.6. The van der Waals surface area contributed by atoms with Gasteiger partial charge in [-0.25, -0.2) is 0 Å². The van der Waals surface area contributed by atoms with Crippen molar-refractivity contribution in [2.75, 3.05) is 40.4 Å². The number of hydrogen-bond donors (Lipinski definition) is 0. The van der Waals surface area contributed by atoms with E-state index in [2.05, 4.69) is 0 Å². The van der Waals surface area contributed by atoms with Crippen LogP contribution in [0.15, 0.2) is 30.3 Å². The van der Waals surface area contributed by atoms with Crippen LogP contribution >= 0.6 is 23.2 Å². The molecular formula is C20H19Cl2N3O6. The highest BCUT2D eigenvalue weighted by Crippen LogP contribution is 2.35. The highest BCUT2D eigenvalue weighted by Gasteiger charge is 2.31. The van der Waals surface area contributed by atoms with Crippen molar-refractivity contribution in [2.45, 2.75) is 0 Å². The zero-order chi connectivity index (χ0) is 22.7. The summed E-state index contributed by atoms with van der Waals surface area (Å²) in [5.74, 6) is -0.413. The Morgan fingerprint density at radius 3 is 1.84 bits per heavy atom. The standard InChI is InChI=1S/C20H19Cl2N3O6/c1-30-17-10-15(16(25(28)29)11-18(17)31-2)20(27)24-5-3-23(4-6-24)19(26)12-7-13(21)9-14(22)8-12/h7-11H,3-6H2,1-2H3. The molecule has 2 aromatic rings. The monoisotopic (exact) mass is 467 g/mol. The number of carbonyl (C=O) groups is 2. The van der Waals surface area contributed by atoms with Crippen LogP contribution in [0.4, 0.5) is 5.69 Å². The Kier molecular flexibility index (Phi) is 6.87. The predicted octanol–water partition coefficient (Wildman–Crippen LogP) is 3.52. The van der Waals surface area contributed by atoms with Crippen molar-refractivity contribution in [2.24, 2.45) is 0 Å². The summed E-state index contributed by atoms with van der Waals surface area (Å²) in [7, 11) is 2.73. The van der Waals surface area contributed by atoms with Crippen LogP contribution in [0, 0.1) is 10.1 Å². The van der Waals surface area contributed by atoms with Crippen LogP contribution in [-0.4, -0.2) is 66.9 Å². The summed E-state index contributed by atoms with van der Waals surface area (Å²) in [6, 6.07) is 7.05. The summed E-state index contributed by atoms with van der Waals surface area (Å²) in [6.07, 6.45) is 0. The first-order valence-corrected chi connectivity index (χ1v) is 9.95. The number of carbonyl (C=O) groups excluding carboxylic acids is 2. The molecule has 9 nitrogen and oxygen atoms in total. The maximum Gasteiger partial charge on any atom is 0.286 e. The molecule has 1 aliphatic heterocycles. The second-order valence-corrected chi connectivity index (χ2v) is 7.60. The van der Waals surface area contributed by atoms with Crippen molar-refractivity contribution in [3.05, 3.63) is 61.6 Å². The van der Waals surface area contributed by atoms with Gasteiger partial charge in [0, 0.05) is 47.9 Å². The summed E-state index contributed by atoms with van der Waals surface area (Å²) in [4.78, 5) is 39.6. The van der Waals surface area contributed by atoms with Gasteiger partial charge in [0.25, 0.3) is 17.5 Å². The van der Waals surface area contributed by atoms with E-state index < -0.39 is 10.8 Å². The van der Waals surface area contributed by atoms with Gasteiger partial charge in [-0.1, -0.05) is 23.2 Å². The lowest BCUT2D eigenvalue weighted by atomic mass is 10.1. The molecule has 0 atom stereocenters. The van der Waals surface area contributed by atoms with E-state index in [0.29, 0.717) is 15.6 Å². The third-order valence-corrected chi connectivity index (χ3v) is 5.33. The maximum atomic E-state index is 13.0. The quantitative estimate of drug-likeness (QED) is 0.492. The summed E-state index contributed by atoms with van der Waals surface area (Å²) in [5, 5.41) is 12.2. The van der Waals surface area contributed by atoms with Crippen molar-refractivity contribution in [3.8, 4) is 11.5 Å². The molecule has 0 bridgehead atoms. The van der Waals surface area contributed by atoms with Gasteiger partial charge in [-0.05, 0) is 18.2 Å². The number of rotatable bonds is 5. The van der Waals surface area contributed by atoms with E-state index in [0.717, 1.165) is 6.07 Å². The molecule has 1 saturated heterocycles. The Bertz CT molecular complexity index is 1020. The number of ether oxygens (including phenoxy) is 2. The van der Waals surface area contributed by atoms with Gasteiger partial charge in [-0.3, -0.25) is 19.7 Å². The Hall–Kier alpha value is -3.04. The summed E-state index contributed by atoms with van der Waals surface area (Å²) in [6.45, 7) is 0.945. The number of piperazine rings is 1. The predicted molar refractivity (Wildman–Crippen MR) is 114 cm³/mol. The van der Waals surface area contributed by atoms with Gasteiger partial charge in [0.1, 0.15) is 5.56 Å². The Morgan fingerprint density at radius 2 is 1.35 bits per heavy atom. The first-order valence-electron chi connectivity index (χ1n) is 9.20. The van der Waals surface area contributed by atoms with E-state index in [4.69, 9.17) is 32.7 Å². The molecule has 11 heteroatoms. The van der Waals surface area contributed by atoms with Crippen molar-refractivity contribution in [3.63, 3.8) is 0 Å². The van der Waals surface area contributed by atoms with Crippen molar-refractivity contribution >= 4 is 40.7 Å². The Balaban J connectivity index is 1.77. The number of amides is 2. The summed E-state index contributed by atoms with van der Waals surface area (Å²) < 4.78 is 10.3. The fourth-order valence-corrected chi connectivity index (χ4v) is 3.86. The van der Waals surface area contributed by atoms with Crippen LogP contribution in [0.2, 0.25) is 10.0 Å². The number of nitro groups is 1. The van der Waals surface area contributed by atoms with Crippen molar-refractivity contribution < 1.29 is 24.0 Å². The molecule has 164 valence electrons. The van der Waals surface area contributed by atoms with Gasteiger partial charge in [0.2, 0.25) is 0 Å². The largest absolute Gasteiger partial charge is 0.493 e. The third-order valence-electron chi connectivity index (χ3n) is 4.89. The molecule has 0 aliphatic carbocycles. The second kappa shape index (κ2) is 9.40. The molecule has 0 spiro atoms. The third kappa shape index (κ3) is 4.83. The van der Waals surface area contributed by atoms with Gasteiger partial charge in [0.05, 0.1) is 25.2 Å². The minimum Gasteiger partial charge on any atom is -0.493 e. The topological polar surface area (TPSA) is 102 Å². The molecule has 0 N–H and O–H groups in total. The van der Waals surface area contributed by atoms with E-state index >= 15 is 0 Å². The van der Waals surface area contributed by atoms with Crippen LogP contribution in [-0.2, 0) is 0 Å². The minimum absolute atomic E-state index is 0.107. The normalized spacial score (nSPS) is 13.7. The number of methoxy groups -OCH3 is 2. The Labute approximate surface area is 188 Å². The highest BCUT2D eigenvalue weighted by molar-refractivity contribution is 6.35. The SMILES string of the molecule is COc1cc(C(=O)N2CCN(C(=O)c3cc(Cl)cc(Cl)c3)CC2)c([N+](=O)[O-])cc1OC. The molecule has 0 saturated carbocycles. The molecule has 1 heterocycles. The van der Waals surface area contributed by atoms with E-state index in [1.165, 1.54) is 43.4 Å². The van der Waals surface area contributed by atoms with Crippen LogP contribution in [0.5, 0.6) is 11.5 Å². The van der Waals surface area contributed by atoms with Gasteiger partial charge >= 0.3 is 0 Å². The number of nitro benzene ring substituents is 1. The van der Waals surface area contributed by atoms with Crippen LogP contribution < -0.4 is 9.47 Å². The zero-order valence-corrected chi connectivity index (χ0v) is 18.3. The molecular weight excluding hydrogens is 449 g/mol. The average Bonchev–Trinajstić information content (AvgIpc) is 2.76. The lowest BCUT2D eigenvalue weighted by molar-refractivity contribution is -0.385. The number of halogens is 2. The second-order valence-electron chi connectivity index (χ2n) is 6.72. The number of hydrogen-bond acceptors (Lipinski definition) is 6. The van der Waals surface area contributed by atoms with Gasteiger partial charge in [-0.2, -0.15) is 0 Å². The highest BCUT2D eigenvalue weighted by atomic mass is 35.5. The van der Waals surface area contributed by atoms with E-state index in [1.54, 1.807) is 4.90 Å². The van der Waals surface area contributed by atoms with Crippen molar-refractivity contribution in [1.29, 1.82) is 0 Å². The van der Waals surface area contributed by atoms with Gasteiger partial charge in [-0.15, -0.1) is 0 Å². The lowest BCUT2D eigenvalue weighted by Crippen LogP contribution is -2.50.